The number of carbonyl (C=O) groups is 2. The zero-order valence-corrected chi connectivity index (χ0v) is 24.7. The van der Waals surface area contributed by atoms with Crippen LogP contribution in [0.3, 0.4) is 0 Å². The average molecular weight is 588 g/mol. The van der Waals surface area contributed by atoms with Crippen molar-refractivity contribution in [1.29, 1.82) is 0 Å². The summed E-state index contributed by atoms with van der Waals surface area (Å²) in [6, 6.07) is 11.2. The Morgan fingerprint density at radius 1 is 1.02 bits per heavy atom. The number of methoxy groups -OCH3 is 2. The molecule has 0 unspecified atom stereocenters. The minimum absolute atomic E-state index is 0.0528. The molecular formula is C31H37N7O5. The van der Waals surface area contributed by atoms with E-state index in [2.05, 4.69) is 20.6 Å². The van der Waals surface area contributed by atoms with Gasteiger partial charge in [-0.1, -0.05) is 12.1 Å². The number of carbonyl (C=O) groups excluding carboxylic acids is 2. The van der Waals surface area contributed by atoms with Crippen LogP contribution in [-0.2, 0) is 14.2 Å². The summed E-state index contributed by atoms with van der Waals surface area (Å²) in [4.78, 5) is 38.4. The first kappa shape index (κ1) is 30.0. The first-order valence-corrected chi connectivity index (χ1v) is 14.2. The summed E-state index contributed by atoms with van der Waals surface area (Å²) >= 11 is 0. The molecule has 0 radical (unpaired) electrons. The number of amides is 3. The molecule has 226 valence electrons. The molecule has 12 heteroatoms. The zero-order chi connectivity index (χ0) is 30.2. The molecule has 1 aliphatic rings. The molecule has 12 nitrogen and oxygen atoms in total. The van der Waals surface area contributed by atoms with Crippen LogP contribution in [-0.4, -0.2) is 103 Å². The summed E-state index contributed by atoms with van der Waals surface area (Å²) in [5, 5.41) is 6.43. The molecule has 1 saturated heterocycles. The minimum atomic E-state index is -0.219. The molecule has 1 aromatic carbocycles. The van der Waals surface area contributed by atoms with Crippen molar-refractivity contribution in [2.45, 2.75) is 6.92 Å². The Bertz CT molecular complexity index is 1540. The van der Waals surface area contributed by atoms with Gasteiger partial charge in [0.05, 0.1) is 37.7 Å². The molecule has 4 aromatic rings. The van der Waals surface area contributed by atoms with Crippen molar-refractivity contribution in [3.63, 3.8) is 0 Å². The lowest BCUT2D eigenvalue weighted by atomic mass is 10.00. The van der Waals surface area contributed by atoms with Gasteiger partial charge in [0.1, 0.15) is 5.82 Å². The standard InChI is InChI=1S/C31H37N7O5/c1-22-25(5-4-6-26(22)35-31(40)37(11-15-41-2)12-16-42-3)24-19-27(29-32-9-10-38(29)21-24)34-28-8-7-23(20-33-28)30(39)36-13-17-43-18-14-36/h4-10,19-21H,11-18H2,1-3H3,(H,33,34)(H,35,40). The van der Waals surface area contributed by atoms with Gasteiger partial charge in [0.25, 0.3) is 5.91 Å². The van der Waals surface area contributed by atoms with Gasteiger partial charge in [-0.2, -0.15) is 0 Å². The highest BCUT2D eigenvalue weighted by Gasteiger charge is 2.19. The van der Waals surface area contributed by atoms with Crippen LogP contribution < -0.4 is 10.6 Å². The molecule has 0 aliphatic carbocycles. The molecule has 1 aliphatic heterocycles. The van der Waals surface area contributed by atoms with Crippen LogP contribution in [0.15, 0.2) is 61.2 Å². The second kappa shape index (κ2) is 14.1. The number of imidazole rings is 1. The quantitative estimate of drug-likeness (QED) is 0.270. The van der Waals surface area contributed by atoms with Gasteiger partial charge in [-0.15, -0.1) is 0 Å². The first-order chi connectivity index (χ1) is 21.0. The lowest BCUT2D eigenvalue weighted by Gasteiger charge is -2.26. The predicted octanol–water partition coefficient (Wildman–Crippen LogP) is 4.05. The van der Waals surface area contributed by atoms with Crippen molar-refractivity contribution in [3.05, 3.63) is 72.3 Å². The summed E-state index contributed by atoms with van der Waals surface area (Å²) in [5.74, 6) is 0.536. The summed E-state index contributed by atoms with van der Waals surface area (Å²) in [6.07, 6.45) is 7.21. The third kappa shape index (κ3) is 7.11. The molecule has 3 amide bonds. The molecule has 0 spiro atoms. The Labute approximate surface area is 250 Å². The van der Waals surface area contributed by atoms with Gasteiger partial charge in [0.15, 0.2) is 5.65 Å². The van der Waals surface area contributed by atoms with Gasteiger partial charge < -0.3 is 39.0 Å². The minimum Gasteiger partial charge on any atom is -0.383 e. The van der Waals surface area contributed by atoms with Gasteiger partial charge >= 0.3 is 6.03 Å². The van der Waals surface area contributed by atoms with Crippen molar-refractivity contribution >= 4 is 34.8 Å². The van der Waals surface area contributed by atoms with E-state index in [0.717, 1.165) is 28.0 Å². The number of urea groups is 1. The molecule has 5 rings (SSSR count). The number of rotatable bonds is 11. The number of hydrogen-bond donors (Lipinski definition) is 2. The van der Waals surface area contributed by atoms with Crippen LogP contribution in [0.4, 0.5) is 22.0 Å². The van der Waals surface area contributed by atoms with Crippen LogP contribution in [0.1, 0.15) is 15.9 Å². The number of anilines is 3. The van der Waals surface area contributed by atoms with Gasteiger partial charge in [0.2, 0.25) is 0 Å². The van der Waals surface area contributed by atoms with Gasteiger partial charge in [0, 0.05) is 76.4 Å². The fraction of sp³-hybridized carbons (Fsp3) is 0.355. The Hall–Kier alpha value is -4.52. The second-order valence-corrected chi connectivity index (χ2v) is 10.1. The van der Waals surface area contributed by atoms with Crippen molar-refractivity contribution < 1.29 is 23.8 Å². The lowest BCUT2D eigenvalue weighted by Crippen LogP contribution is -2.40. The predicted molar refractivity (Wildman–Crippen MR) is 164 cm³/mol. The highest BCUT2D eigenvalue weighted by molar-refractivity contribution is 5.94. The average Bonchev–Trinajstić information content (AvgIpc) is 3.52. The summed E-state index contributed by atoms with van der Waals surface area (Å²) in [6.45, 7) is 5.99. The fourth-order valence-corrected chi connectivity index (χ4v) is 4.95. The van der Waals surface area contributed by atoms with E-state index in [9.17, 15) is 9.59 Å². The number of benzene rings is 1. The van der Waals surface area contributed by atoms with E-state index in [1.165, 1.54) is 0 Å². The molecule has 1 fully saturated rings. The number of morpholine rings is 1. The van der Waals surface area contributed by atoms with Crippen LogP contribution in [0, 0.1) is 6.92 Å². The van der Waals surface area contributed by atoms with Crippen molar-refractivity contribution in [3.8, 4) is 11.1 Å². The fourth-order valence-electron chi connectivity index (χ4n) is 4.95. The summed E-state index contributed by atoms with van der Waals surface area (Å²) in [7, 11) is 3.22. The molecular weight excluding hydrogens is 550 g/mol. The van der Waals surface area contributed by atoms with Gasteiger partial charge in [-0.3, -0.25) is 4.79 Å². The van der Waals surface area contributed by atoms with Crippen molar-refractivity contribution in [1.82, 2.24) is 24.2 Å². The van der Waals surface area contributed by atoms with E-state index in [4.69, 9.17) is 14.2 Å². The number of nitrogens with zero attached hydrogens (tertiary/aromatic N) is 5. The number of pyridine rings is 2. The maximum Gasteiger partial charge on any atom is 0.322 e. The normalized spacial score (nSPS) is 13.2. The number of hydrogen-bond acceptors (Lipinski definition) is 8. The smallest absolute Gasteiger partial charge is 0.322 e. The van der Waals surface area contributed by atoms with E-state index in [0.29, 0.717) is 69.7 Å². The van der Waals surface area contributed by atoms with E-state index in [1.807, 2.05) is 48.0 Å². The van der Waals surface area contributed by atoms with Gasteiger partial charge in [-0.05, 0) is 42.3 Å². The van der Waals surface area contributed by atoms with E-state index in [1.54, 1.807) is 48.5 Å². The highest BCUT2D eigenvalue weighted by Crippen LogP contribution is 2.32. The van der Waals surface area contributed by atoms with E-state index < -0.39 is 0 Å². The lowest BCUT2D eigenvalue weighted by molar-refractivity contribution is 0.0302. The third-order valence-electron chi connectivity index (χ3n) is 7.36. The summed E-state index contributed by atoms with van der Waals surface area (Å²) < 4.78 is 17.6. The highest BCUT2D eigenvalue weighted by atomic mass is 16.5. The number of aromatic nitrogens is 3. The third-order valence-corrected chi connectivity index (χ3v) is 7.36. The molecule has 0 atom stereocenters. The van der Waals surface area contributed by atoms with E-state index >= 15 is 0 Å². The van der Waals surface area contributed by atoms with Crippen LogP contribution >= 0.6 is 0 Å². The Morgan fingerprint density at radius 2 is 1.79 bits per heavy atom. The first-order valence-electron chi connectivity index (χ1n) is 14.2. The zero-order valence-electron chi connectivity index (χ0n) is 24.7. The van der Waals surface area contributed by atoms with Crippen molar-refractivity contribution in [2.75, 3.05) is 77.5 Å². The van der Waals surface area contributed by atoms with Crippen LogP contribution in [0.2, 0.25) is 0 Å². The van der Waals surface area contributed by atoms with Crippen molar-refractivity contribution in [2.24, 2.45) is 0 Å². The Balaban J connectivity index is 1.37. The van der Waals surface area contributed by atoms with Crippen LogP contribution in [0.25, 0.3) is 16.8 Å². The molecule has 2 N–H and O–H groups in total. The topological polar surface area (TPSA) is 123 Å². The maximum absolute atomic E-state index is 13.1. The Kier molecular flexibility index (Phi) is 9.82. The molecule has 43 heavy (non-hydrogen) atoms. The second-order valence-electron chi connectivity index (χ2n) is 10.1. The molecule has 0 bridgehead atoms. The van der Waals surface area contributed by atoms with E-state index in [-0.39, 0.29) is 11.9 Å². The maximum atomic E-state index is 13.1. The molecule has 3 aromatic heterocycles. The number of ether oxygens (including phenoxy) is 3. The molecule has 0 saturated carbocycles. The molecule has 4 heterocycles. The van der Waals surface area contributed by atoms with Crippen LogP contribution in [0.5, 0.6) is 0 Å². The monoisotopic (exact) mass is 587 g/mol. The largest absolute Gasteiger partial charge is 0.383 e. The Morgan fingerprint density at radius 3 is 2.49 bits per heavy atom. The number of nitrogens with one attached hydrogen (secondary N) is 2. The summed E-state index contributed by atoms with van der Waals surface area (Å²) in [5.41, 5.74) is 5.53. The number of fused-ring (bicyclic) bond motifs is 1. The van der Waals surface area contributed by atoms with Gasteiger partial charge in [-0.25, -0.2) is 14.8 Å². The SMILES string of the molecule is COCCN(CCOC)C(=O)Nc1cccc(-c2cc(Nc3ccc(C(=O)N4CCOCC4)cn3)c3nccn3c2)c1C.